The summed E-state index contributed by atoms with van der Waals surface area (Å²) in [7, 11) is -1.90. The molecule has 84 valence electrons. The number of halogens is 2. The highest BCUT2D eigenvalue weighted by Gasteiger charge is 2.19. The van der Waals surface area contributed by atoms with Crippen molar-refractivity contribution in [3.63, 3.8) is 0 Å². The Morgan fingerprint density at radius 3 is 2.67 bits per heavy atom. The van der Waals surface area contributed by atoms with Gasteiger partial charge >= 0.3 is 0 Å². The Morgan fingerprint density at radius 1 is 1.47 bits per heavy atom. The molecule has 0 amide bonds. The molecule has 0 heterocycles. The molecule has 0 aliphatic rings. The lowest BCUT2D eigenvalue weighted by Crippen LogP contribution is -2.09. The molecule has 0 saturated heterocycles. The van der Waals surface area contributed by atoms with E-state index in [2.05, 4.69) is 15.9 Å². The summed E-state index contributed by atoms with van der Waals surface area (Å²) >= 11 is 8.84. The van der Waals surface area contributed by atoms with Crippen molar-refractivity contribution in [2.45, 2.75) is 4.90 Å². The Balaban J connectivity index is 3.28. The lowest BCUT2D eigenvalue weighted by molar-refractivity contribution is 0.403. The van der Waals surface area contributed by atoms with Crippen molar-refractivity contribution in [3.05, 3.63) is 23.2 Å². The Morgan fingerprint density at radius 2 is 2.13 bits per heavy atom. The van der Waals surface area contributed by atoms with E-state index in [0.717, 1.165) is 0 Å². The highest BCUT2D eigenvalue weighted by Crippen LogP contribution is 2.27. The van der Waals surface area contributed by atoms with E-state index in [0.29, 0.717) is 16.1 Å². The predicted molar refractivity (Wildman–Crippen MR) is 63.9 cm³/mol. The molecule has 0 aliphatic heterocycles. The second-order valence-corrected chi connectivity index (χ2v) is 6.11. The van der Waals surface area contributed by atoms with Crippen molar-refractivity contribution in [1.82, 2.24) is 0 Å². The molecule has 0 aliphatic carbocycles. The first-order valence-electron chi connectivity index (χ1n) is 4.13. The molecule has 1 aromatic rings. The van der Waals surface area contributed by atoms with E-state index in [1.54, 1.807) is 12.1 Å². The molecule has 0 saturated carbocycles. The molecule has 0 radical (unpaired) electrons. The number of hydrogen-bond donors (Lipinski definition) is 0. The number of rotatable bonds is 4. The molecule has 0 N–H and O–H groups in total. The van der Waals surface area contributed by atoms with Gasteiger partial charge in [-0.25, -0.2) is 8.42 Å². The summed E-state index contributed by atoms with van der Waals surface area (Å²) in [5.74, 6) is 0.337. The van der Waals surface area contributed by atoms with Gasteiger partial charge in [-0.2, -0.15) is 0 Å². The van der Waals surface area contributed by atoms with Gasteiger partial charge in [0, 0.05) is 10.4 Å². The smallest absolute Gasteiger partial charge is 0.182 e. The molecule has 0 atom stereocenters. The normalized spacial score (nSPS) is 11.4. The molecular formula is C9H10BrClO3S. The fourth-order valence-electron chi connectivity index (χ4n) is 1.11. The summed E-state index contributed by atoms with van der Waals surface area (Å²) in [6.07, 6.45) is 0. The third-order valence-corrected chi connectivity index (χ3v) is 4.69. The van der Waals surface area contributed by atoms with E-state index >= 15 is 0 Å². The summed E-state index contributed by atoms with van der Waals surface area (Å²) in [6, 6.07) is 4.54. The Labute approximate surface area is 102 Å². The highest BCUT2D eigenvalue weighted by molar-refractivity contribution is 9.09. The number of ether oxygens (including phenoxy) is 1. The minimum Gasteiger partial charge on any atom is -0.495 e. The molecule has 0 fully saturated rings. The summed E-state index contributed by atoms with van der Waals surface area (Å²) < 4.78 is 28.6. The Hall–Kier alpha value is -0.260. The van der Waals surface area contributed by atoms with Gasteiger partial charge in [0.15, 0.2) is 9.84 Å². The summed E-state index contributed by atoms with van der Waals surface area (Å²) in [4.78, 5) is 0.136. The van der Waals surface area contributed by atoms with Gasteiger partial charge in [0.2, 0.25) is 0 Å². The van der Waals surface area contributed by atoms with Gasteiger partial charge in [-0.15, -0.1) is 0 Å². The van der Waals surface area contributed by atoms with E-state index in [4.69, 9.17) is 16.3 Å². The zero-order chi connectivity index (χ0) is 11.5. The third kappa shape index (κ3) is 3.09. The Kier molecular flexibility index (Phi) is 4.43. The number of hydrogen-bond acceptors (Lipinski definition) is 3. The monoisotopic (exact) mass is 312 g/mol. The molecule has 0 aromatic heterocycles. The van der Waals surface area contributed by atoms with Gasteiger partial charge in [0.05, 0.1) is 12.9 Å². The second-order valence-electron chi connectivity index (χ2n) is 2.80. The minimum absolute atomic E-state index is 0.0176. The van der Waals surface area contributed by atoms with E-state index in [9.17, 15) is 8.42 Å². The van der Waals surface area contributed by atoms with Crippen molar-refractivity contribution in [3.8, 4) is 5.75 Å². The standard InChI is InChI=1S/C9H10BrClO3S/c1-14-8-3-2-7(11)6-9(8)15(12,13)5-4-10/h2-3,6H,4-5H2,1H3. The van der Waals surface area contributed by atoms with E-state index < -0.39 is 9.84 Å². The van der Waals surface area contributed by atoms with Crippen molar-refractivity contribution >= 4 is 37.4 Å². The van der Waals surface area contributed by atoms with Crippen molar-refractivity contribution in [2.24, 2.45) is 0 Å². The highest BCUT2D eigenvalue weighted by atomic mass is 79.9. The van der Waals surface area contributed by atoms with Crippen LogP contribution in [0.3, 0.4) is 0 Å². The van der Waals surface area contributed by atoms with Gasteiger partial charge in [-0.3, -0.25) is 0 Å². The van der Waals surface area contributed by atoms with Crippen LogP contribution in [0.2, 0.25) is 5.02 Å². The second kappa shape index (κ2) is 5.18. The van der Waals surface area contributed by atoms with Gasteiger partial charge in [0.1, 0.15) is 10.6 Å². The molecule has 6 heteroatoms. The predicted octanol–water partition coefficient (Wildman–Crippen LogP) is 2.52. The maximum Gasteiger partial charge on any atom is 0.182 e. The molecule has 1 aromatic carbocycles. The van der Waals surface area contributed by atoms with E-state index in [-0.39, 0.29) is 10.6 Å². The van der Waals surface area contributed by atoms with Crippen LogP contribution in [-0.4, -0.2) is 26.6 Å². The number of methoxy groups -OCH3 is 1. The van der Waals surface area contributed by atoms with E-state index in [1.165, 1.54) is 13.2 Å². The zero-order valence-corrected chi connectivity index (χ0v) is 11.2. The molecule has 15 heavy (non-hydrogen) atoms. The molecule has 0 spiro atoms. The average Bonchev–Trinajstić information content (AvgIpc) is 2.17. The molecule has 3 nitrogen and oxygen atoms in total. The van der Waals surface area contributed by atoms with Crippen LogP contribution in [-0.2, 0) is 9.84 Å². The first-order chi connectivity index (χ1) is 7.01. The fraction of sp³-hybridized carbons (Fsp3) is 0.333. The SMILES string of the molecule is COc1ccc(Cl)cc1S(=O)(=O)CCBr. The van der Waals surface area contributed by atoms with Crippen LogP contribution in [0.4, 0.5) is 0 Å². The number of benzene rings is 1. The van der Waals surface area contributed by atoms with Crippen molar-refractivity contribution in [1.29, 1.82) is 0 Å². The quantitative estimate of drug-likeness (QED) is 0.802. The third-order valence-electron chi connectivity index (χ3n) is 1.81. The Bertz CT molecular complexity index is 445. The van der Waals surface area contributed by atoms with Gasteiger partial charge in [0.25, 0.3) is 0 Å². The van der Waals surface area contributed by atoms with Crippen molar-refractivity contribution < 1.29 is 13.2 Å². The van der Waals surface area contributed by atoms with Crippen LogP contribution in [0.1, 0.15) is 0 Å². The van der Waals surface area contributed by atoms with E-state index in [1.807, 2.05) is 0 Å². The van der Waals surface area contributed by atoms with Crippen LogP contribution in [0.15, 0.2) is 23.1 Å². The zero-order valence-electron chi connectivity index (χ0n) is 8.04. The first kappa shape index (κ1) is 12.8. The van der Waals surface area contributed by atoms with Gasteiger partial charge < -0.3 is 4.74 Å². The summed E-state index contributed by atoms with van der Waals surface area (Å²) in [5, 5.41) is 0.759. The number of sulfone groups is 1. The lowest BCUT2D eigenvalue weighted by Gasteiger charge is -2.08. The van der Waals surface area contributed by atoms with Gasteiger partial charge in [-0.1, -0.05) is 27.5 Å². The average molecular weight is 314 g/mol. The van der Waals surface area contributed by atoms with Crippen LogP contribution in [0, 0.1) is 0 Å². The van der Waals surface area contributed by atoms with Crippen molar-refractivity contribution in [2.75, 3.05) is 18.2 Å². The largest absolute Gasteiger partial charge is 0.495 e. The molecule has 0 bridgehead atoms. The molecule has 0 unspecified atom stereocenters. The van der Waals surface area contributed by atoms with Crippen LogP contribution in [0.5, 0.6) is 5.75 Å². The first-order valence-corrected chi connectivity index (χ1v) is 7.28. The summed E-state index contributed by atoms with van der Waals surface area (Å²) in [5.41, 5.74) is 0. The molecule has 1 rings (SSSR count). The summed E-state index contributed by atoms with van der Waals surface area (Å²) in [6.45, 7) is 0. The maximum absolute atomic E-state index is 11.8. The lowest BCUT2D eigenvalue weighted by atomic mass is 10.3. The topological polar surface area (TPSA) is 43.4 Å². The van der Waals surface area contributed by atoms with Gasteiger partial charge in [-0.05, 0) is 18.2 Å². The minimum atomic E-state index is -3.33. The van der Waals surface area contributed by atoms with Crippen LogP contribution in [0.25, 0.3) is 0 Å². The maximum atomic E-state index is 11.8. The number of alkyl halides is 1. The fourth-order valence-corrected chi connectivity index (χ4v) is 3.81. The van der Waals surface area contributed by atoms with Crippen LogP contribution >= 0.6 is 27.5 Å². The van der Waals surface area contributed by atoms with Crippen LogP contribution < -0.4 is 4.74 Å². The molecular weight excluding hydrogens is 304 g/mol.